The summed E-state index contributed by atoms with van der Waals surface area (Å²) in [5, 5.41) is 11.6. The average molecular weight is 273 g/mol. The Morgan fingerprint density at radius 3 is 2.21 bits per heavy atom. The van der Waals surface area contributed by atoms with E-state index in [2.05, 4.69) is 24.1 Å². The minimum Gasteiger partial charge on any atom is -0.480 e. The Labute approximate surface area is 115 Å². The molecular formula is C13H27N3O3. The Kier molecular flexibility index (Phi) is 8.14. The van der Waals surface area contributed by atoms with Crippen molar-refractivity contribution >= 4 is 12.0 Å². The maximum Gasteiger partial charge on any atom is 0.323 e. The molecule has 19 heavy (non-hydrogen) atoms. The fourth-order valence-electron chi connectivity index (χ4n) is 1.53. The summed E-state index contributed by atoms with van der Waals surface area (Å²) in [6.07, 6.45) is 0. The van der Waals surface area contributed by atoms with Crippen LogP contribution in [0, 0.1) is 5.92 Å². The molecular weight excluding hydrogens is 246 g/mol. The highest BCUT2D eigenvalue weighted by atomic mass is 16.4. The van der Waals surface area contributed by atoms with Gasteiger partial charge in [0.05, 0.1) is 0 Å². The van der Waals surface area contributed by atoms with Crippen molar-refractivity contribution in [3.8, 4) is 0 Å². The molecule has 0 fully saturated rings. The molecule has 2 amide bonds. The number of nitrogens with zero attached hydrogens (tertiary/aromatic N) is 2. The van der Waals surface area contributed by atoms with Crippen molar-refractivity contribution in [1.82, 2.24) is 15.1 Å². The zero-order valence-electron chi connectivity index (χ0n) is 12.6. The third-order valence-electron chi connectivity index (χ3n) is 2.82. The third-order valence-corrected chi connectivity index (χ3v) is 2.82. The van der Waals surface area contributed by atoms with Gasteiger partial charge in [0, 0.05) is 25.7 Å². The largest absolute Gasteiger partial charge is 0.480 e. The summed E-state index contributed by atoms with van der Waals surface area (Å²) < 4.78 is 0. The molecule has 0 atom stereocenters. The van der Waals surface area contributed by atoms with Gasteiger partial charge in [-0.1, -0.05) is 13.8 Å². The first kappa shape index (κ1) is 17.7. The molecule has 6 heteroatoms. The number of hydrogen-bond donors (Lipinski definition) is 2. The molecule has 0 aromatic heterocycles. The fraction of sp³-hybridized carbons (Fsp3) is 0.846. The Balaban J connectivity index is 4.20. The van der Waals surface area contributed by atoms with E-state index in [0.29, 0.717) is 19.1 Å². The molecule has 112 valence electrons. The lowest BCUT2D eigenvalue weighted by atomic mass is 10.2. The summed E-state index contributed by atoms with van der Waals surface area (Å²) in [5.41, 5.74) is 0. The molecule has 0 aromatic rings. The number of hydrogen-bond acceptors (Lipinski definition) is 3. The zero-order valence-corrected chi connectivity index (χ0v) is 12.6. The second kappa shape index (κ2) is 8.74. The van der Waals surface area contributed by atoms with Gasteiger partial charge in [-0.3, -0.25) is 4.79 Å². The predicted molar refractivity (Wildman–Crippen MR) is 75.2 cm³/mol. The summed E-state index contributed by atoms with van der Waals surface area (Å²) in [5.74, 6) is -0.751. The molecule has 0 saturated heterocycles. The summed E-state index contributed by atoms with van der Waals surface area (Å²) >= 11 is 0. The molecule has 0 radical (unpaired) electrons. The van der Waals surface area contributed by atoms with Crippen LogP contribution >= 0.6 is 0 Å². The highest BCUT2D eigenvalue weighted by Crippen LogP contribution is 1.99. The van der Waals surface area contributed by atoms with Gasteiger partial charge in [-0.15, -0.1) is 0 Å². The van der Waals surface area contributed by atoms with Gasteiger partial charge >= 0.3 is 12.0 Å². The van der Waals surface area contributed by atoms with E-state index in [4.69, 9.17) is 5.11 Å². The van der Waals surface area contributed by atoms with Crippen molar-refractivity contribution in [2.45, 2.75) is 33.7 Å². The van der Waals surface area contributed by atoms with E-state index in [1.165, 1.54) is 4.90 Å². The van der Waals surface area contributed by atoms with E-state index in [0.717, 1.165) is 6.54 Å². The summed E-state index contributed by atoms with van der Waals surface area (Å²) in [7, 11) is 1.99. The molecule has 0 heterocycles. The Morgan fingerprint density at radius 2 is 1.79 bits per heavy atom. The Hall–Kier alpha value is -1.30. The van der Waals surface area contributed by atoms with Crippen molar-refractivity contribution in [1.29, 1.82) is 0 Å². The lowest BCUT2D eigenvalue weighted by molar-refractivity contribution is -0.137. The quantitative estimate of drug-likeness (QED) is 0.694. The van der Waals surface area contributed by atoms with E-state index in [1.807, 2.05) is 20.9 Å². The molecule has 0 spiro atoms. The van der Waals surface area contributed by atoms with Crippen LogP contribution in [0.5, 0.6) is 0 Å². The van der Waals surface area contributed by atoms with Crippen LogP contribution in [-0.4, -0.2) is 66.2 Å². The van der Waals surface area contributed by atoms with E-state index in [1.54, 1.807) is 0 Å². The predicted octanol–water partition coefficient (Wildman–Crippen LogP) is 1.08. The number of carboxylic acids is 1. The van der Waals surface area contributed by atoms with E-state index < -0.39 is 5.97 Å². The first-order valence-electron chi connectivity index (χ1n) is 6.68. The van der Waals surface area contributed by atoms with Gasteiger partial charge in [0.1, 0.15) is 6.54 Å². The van der Waals surface area contributed by atoms with Gasteiger partial charge in [-0.25, -0.2) is 4.79 Å². The monoisotopic (exact) mass is 273 g/mol. The topological polar surface area (TPSA) is 72.9 Å². The molecule has 0 aliphatic rings. The normalized spacial score (nSPS) is 11.2. The number of urea groups is 1. The summed E-state index contributed by atoms with van der Waals surface area (Å²) in [6, 6.07) is 0.107. The number of nitrogens with one attached hydrogen (secondary N) is 1. The van der Waals surface area contributed by atoms with Crippen LogP contribution in [-0.2, 0) is 4.79 Å². The lowest BCUT2D eigenvalue weighted by Gasteiger charge is -2.25. The van der Waals surface area contributed by atoms with Crippen molar-refractivity contribution in [2.75, 3.05) is 33.2 Å². The van der Waals surface area contributed by atoms with E-state index in [-0.39, 0.29) is 18.5 Å². The maximum atomic E-state index is 11.9. The number of rotatable bonds is 8. The van der Waals surface area contributed by atoms with Crippen LogP contribution in [0.15, 0.2) is 0 Å². The van der Waals surface area contributed by atoms with Crippen LogP contribution in [0.2, 0.25) is 0 Å². The third kappa shape index (κ3) is 8.42. The lowest BCUT2D eigenvalue weighted by Crippen LogP contribution is -2.46. The SMILES string of the molecule is CC(C)CN(CC(=O)O)C(=O)NCCN(C)C(C)C. The molecule has 6 nitrogen and oxygen atoms in total. The van der Waals surface area contributed by atoms with Gasteiger partial charge < -0.3 is 20.2 Å². The average Bonchev–Trinajstić information content (AvgIpc) is 2.26. The molecule has 0 saturated carbocycles. The van der Waals surface area contributed by atoms with Crippen LogP contribution in [0.4, 0.5) is 4.79 Å². The molecule has 0 aromatic carbocycles. The molecule has 0 bridgehead atoms. The van der Waals surface area contributed by atoms with Crippen molar-refractivity contribution in [3.05, 3.63) is 0 Å². The van der Waals surface area contributed by atoms with E-state index in [9.17, 15) is 9.59 Å². The first-order chi connectivity index (χ1) is 8.73. The van der Waals surface area contributed by atoms with E-state index >= 15 is 0 Å². The molecule has 0 aliphatic carbocycles. The van der Waals surface area contributed by atoms with Crippen molar-refractivity contribution < 1.29 is 14.7 Å². The van der Waals surface area contributed by atoms with Crippen LogP contribution < -0.4 is 5.32 Å². The van der Waals surface area contributed by atoms with Crippen molar-refractivity contribution in [3.63, 3.8) is 0 Å². The van der Waals surface area contributed by atoms with Gasteiger partial charge in [-0.05, 0) is 26.8 Å². The second-order valence-electron chi connectivity index (χ2n) is 5.47. The smallest absolute Gasteiger partial charge is 0.323 e. The number of aliphatic carboxylic acids is 1. The number of carboxylic acid groups (broad SMARTS) is 1. The van der Waals surface area contributed by atoms with Crippen LogP contribution in [0.1, 0.15) is 27.7 Å². The molecule has 2 N–H and O–H groups in total. The fourth-order valence-corrected chi connectivity index (χ4v) is 1.53. The van der Waals surface area contributed by atoms with Gasteiger partial charge in [0.15, 0.2) is 0 Å². The highest BCUT2D eigenvalue weighted by molar-refractivity contribution is 5.80. The van der Waals surface area contributed by atoms with Crippen LogP contribution in [0.3, 0.4) is 0 Å². The maximum absolute atomic E-state index is 11.9. The number of carbonyl (C=O) groups excluding carboxylic acids is 1. The standard InChI is InChI=1S/C13H27N3O3/c1-10(2)8-16(9-12(17)18)13(19)14-6-7-15(5)11(3)4/h10-11H,6-9H2,1-5H3,(H,14,19)(H,17,18). The number of carbonyl (C=O) groups is 2. The highest BCUT2D eigenvalue weighted by Gasteiger charge is 2.17. The molecule has 0 unspecified atom stereocenters. The molecule has 0 rings (SSSR count). The number of likely N-dealkylation sites (N-methyl/N-ethyl adjacent to an activating group) is 1. The second-order valence-corrected chi connectivity index (χ2v) is 5.47. The zero-order chi connectivity index (χ0) is 15.0. The van der Waals surface area contributed by atoms with Crippen LogP contribution in [0.25, 0.3) is 0 Å². The summed E-state index contributed by atoms with van der Waals surface area (Å²) in [6.45, 7) is 9.51. The van der Waals surface area contributed by atoms with Gasteiger partial charge in [0.25, 0.3) is 0 Å². The Morgan fingerprint density at radius 1 is 1.21 bits per heavy atom. The minimum absolute atomic E-state index is 0.239. The van der Waals surface area contributed by atoms with Gasteiger partial charge in [0.2, 0.25) is 0 Å². The Bertz CT molecular complexity index is 293. The first-order valence-corrected chi connectivity index (χ1v) is 6.68. The molecule has 0 aliphatic heterocycles. The summed E-state index contributed by atoms with van der Waals surface area (Å²) in [4.78, 5) is 26.1. The van der Waals surface area contributed by atoms with Crippen molar-refractivity contribution in [2.24, 2.45) is 5.92 Å². The minimum atomic E-state index is -0.991. The number of amides is 2. The van der Waals surface area contributed by atoms with Gasteiger partial charge in [-0.2, -0.15) is 0 Å².